The van der Waals surface area contributed by atoms with Crippen molar-refractivity contribution in [2.24, 2.45) is 5.73 Å². The molecule has 1 fully saturated rings. The Labute approximate surface area is 324 Å². The number of carbonyl (C=O) groups is 3. The van der Waals surface area contributed by atoms with Crippen molar-refractivity contribution in [3.05, 3.63) is 94.9 Å². The molecule has 14 nitrogen and oxygen atoms in total. The molecule has 0 radical (unpaired) electrons. The number of hydrogen-bond donors (Lipinski definition) is 3. The molecule has 1 saturated heterocycles. The van der Waals surface area contributed by atoms with Gasteiger partial charge in [0.1, 0.15) is 30.1 Å². The predicted molar refractivity (Wildman–Crippen MR) is 195 cm³/mol. The summed E-state index contributed by atoms with van der Waals surface area (Å²) < 4.78 is 74.0. The van der Waals surface area contributed by atoms with Crippen molar-refractivity contribution in [2.45, 2.75) is 55.2 Å². The van der Waals surface area contributed by atoms with Gasteiger partial charge in [0, 0.05) is 17.7 Å². The molecule has 2 aliphatic heterocycles. The number of fused-ring (bicyclic) bond motifs is 1. The Morgan fingerprint density at radius 1 is 1.05 bits per heavy atom. The molecule has 4 aromatic rings. The minimum atomic E-state index is -5.19. The number of halogens is 3. The number of rotatable bonds is 11. The fourth-order valence-electron chi connectivity index (χ4n) is 6.49. The topological polar surface area (TPSA) is 198 Å². The van der Waals surface area contributed by atoms with E-state index in [0.717, 1.165) is 41.0 Å². The zero-order valence-corrected chi connectivity index (χ0v) is 31.8. The fraction of sp³-hybridized carbons (Fsp3) is 0.324. The van der Waals surface area contributed by atoms with Crippen LogP contribution in [0, 0.1) is 6.92 Å². The number of alkyl halides is 3. The van der Waals surface area contributed by atoms with Crippen LogP contribution in [-0.2, 0) is 32.7 Å². The number of quaternary nitrogens is 1. The van der Waals surface area contributed by atoms with Crippen molar-refractivity contribution in [1.82, 2.24) is 4.90 Å². The number of anilines is 1. The zero-order valence-electron chi connectivity index (χ0n) is 30.2. The molecule has 56 heavy (non-hydrogen) atoms. The molecule has 0 aliphatic carbocycles. The monoisotopic (exact) mass is 820 g/mol. The van der Waals surface area contributed by atoms with E-state index in [1.54, 1.807) is 47.5 Å². The van der Waals surface area contributed by atoms with Gasteiger partial charge in [0.25, 0.3) is 0 Å². The predicted octanol–water partition coefficient (Wildman–Crippen LogP) is 4.30. The van der Waals surface area contributed by atoms with E-state index in [1.165, 1.54) is 24.3 Å². The Bertz CT molecular complexity index is 2150. The van der Waals surface area contributed by atoms with Crippen molar-refractivity contribution >= 4 is 45.0 Å². The molecule has 300 valence electrons. The molecular formula is C37H39F3N4O10S2. The third-order valence-corrected chi connectivity index (χ3v) is 11.8. The summed E-state index contributed by atoms with van der Waals surface area (Å²) in [5.41, 5.74) is 9.01. The number of carboxylic acids is 1. The summed E-state index contributed by atoms with van der Waals surface area (Å²) >= 11 is 1.08. The Kier molecular flexibility index (Phi) is 12.7. The third kappa shape index (κ3) is 10.8. The number of nitrogens with two attached hydrogens (primary N) is 1. The molecule has 6 rings (SSSR count). The molecule has 0 saturated carbocycles. The summed E-state index contributed by atoms with van der Waals surface area (Å²) in [4.78, 5) is 37.7. The van der Waals surface area contributed by atoms with Crippen LogP contribution in [0.3, 0.4) is 0 Å². The molecule has 3 atom stereocenters. The summed E-state index contributed by atoms with van der Waals surface area (Å²) in [6.45, 7) is 4.10. The number of benzene rings is 3. The van der Waals surface area contributed by atoms with E-state index < -0.39 is 40.2 Å². The number of primary amides is 1. The largest absolute Gasteiger partial charge is 0.542 e. The maximum absolute atomic E-state index is 14.2. The minimum Gasteiger partial charge on any atom is -0.542 e. The number of aromatic hydroxyl groups is 1. The number of likely N-dealkylation sites (N-methyl/N-ethyl adjacent to an activating group) is 1. The van der Waals surface area contributed by atoms with E-state index in [1.807, 2.05) is 18.2 Å². The van der Waals surface area contributed by atoms with E-state index >= 15 is 0 Å². The van der Waals surface area contributed by atoms with Crippen molar-refractivity contribution in [1.29, 1.82) is 0 Å². The molecule has 3 aromatic carbocycles. The Morgan fingerprint density at radius 2 is 1.70 bits per heavy atom. The number of phenolic OH excluding ortho intramolecular Hbond substituents is 1. The Hall–Kier alpha value is -5.53. The molecule has 4 N–H and O–H groups in total. The van der Waals surface area contributed by atoms with Crippen LogP contribution in [-0.4, -0.2) is 86.0 Å². The number of amides is 3. The van der Waals surface area contributed by atoms with E-state index in [2.05, 4.69) is 12.4 Å². The van der Waals surface area contributed by atoms with E-state index in [0.29, 0.717) is 41.2 Å². The van der Waals surface area contributed by atoms with Crippen LogP contribution in [0.1, 0.15) is 29.5 Å². The van der Waals surface area contributed by atoms with Gasteiger partial charge < -0.3 is 49.1 Å². The maximum atomic E-state index is 14.2. The molecular weight excluding hydrogens is 782 g/mol. The van der Waals surface area contributed by atoms with E-state index in [4.69, 9.17) is 29.3 Å². The van der Waals surface area contributed by atoms with Gasteiger partial charge in [-0.15, -0.1) is 11.3 Å². The summed E-state index contributed by atoms with van der Waals surface area (Å²) in [5.74, 6) is -2.07. The second-order valence-corrected chi connectivity index (χ2v) is 16.3. The van der Waals surface area contributed by atoms with Gasteiger partial charge in [-0.05, 0) is 96.9 Å². The van der Waals surface area contributed by atoms with Crippen LogP contribution in [0.4, 0.5) is 23.7 Å². The zero-order chi connectivity index (χ0) is 40.8. The number of aryl methyl sites for hydroxylation is 1. The second kappa shape index (κ2) is 17.1. The van der Waals surface area contributed by atoms with Crippen molar-refractivity contribution in [2.75, 3.05) is 32.2 Å². The van der Waals surface area contributed by atoms with Crippen LogP contribution >= 0.6 is 11.3 Å². The number of aliphatic carboxylic acids is 1. The number of ether oxygens (including phenoxy) is 2. The van der Waals surface area contributed by atoms with Gasteiger partial charge in [0.2, 0.25) is 12.7 Å². The highest BCUT2D eigenvalue weighted by Crippen LogP contribution is 2.35. The van der Waals surface area contributed by atoms with E-state index in [-0.39, 0.29) is 35.0 Å². The van der Waals surface area contributed by atoms with Crippen LogP contribution in [0.2, 0.25) is 0 Å². The van der Waals surface area contributed by atoms with Gasteiger partial charge in [-0.3, -0.25) is 4.79 Å². The average molecular weight is 821 g/mol. The lowest BCUT2D eigenvalue weighted by Gasteiger charge is -2.46. The first-order chi connectivity index (χ1) is 26.3. The first-order valence-electron chi connectivity index (χ1n) is 17.1. The smallest absolute Gasteiger partial charge is 0.430 e. The number of urea groups is 1. The van der Waals surface area contributed by atoms with Crippen molar-refractivity contribution in [3.8, 4) is 23.0 Å². The van der Waals surface area contributed by atoms with Crippen LogP contribution < -0.4 is 29.8 Å². The number of nitrogens with one attached hydrogen (secondary N) is 1. The standard InChI is InChI=1S/C35H38N4O8S2.C2HF3O2/c1-23-16-33(48-21-23)49(43,44)47-29-12-8-26(9-13-29)37-35(42)38(30(34(36)41)17-24-5-10-28(40)11-6-24)27-4-3-15-39(2,20-27)19-25-7-14-31-32(18-25)46-22-45-31;3-2(4,5)1(6)7/h5-14,16,18,21,27,30H,3-4,15,17,19-20,22H2,1-2H3,(H3-,36,37,40,41,42);(H,6,7)/t27-,30-,39?;/m0./s1. The van der Waals surface area contributed by atoms with Crippen molar-refractivity contribution in [3.63, 3.8) is 0 Å². The lowest BCUT2D eigenvalue weighted by Crippen LogP contribution is -2.62. The number of carbonyl (C=O) groups excluding carboxylic acids is 3. The number of piperidine rings is 1. The normalized spacial score (nSPS) is 18.2. The molecule has 3 amide bonds. The number of hydrogen-bond acceptors (Lipinski definition) is 11. The second-order valence-electron chi connectivity index (χ2n) is 13.6. The maximum Gasteiger partial charge on any atom is 0.430 e. The van der Waals surface area contributed by atoms with Gasteiger partial charge in [0.15, 0.2) is 15.7 Å². The van der Waals surface area contributed by atoms with Gasteiger partial charge in [0.05, 0.1) is 26.2 Å². The number of phenols is 1. The Morgan fingerprint density at radius 3 is 2.30 bits per heavy atom. The molecule has 3 heterocycles. The third-order valence-electron chi connectivity index (χ3n) is 9.04. The van der Waals surface area contributed by atoms with Gasteiger partial charge >= 0.3 is 22.3 Å². The number of nitrogens with zero attached hydrogens (tertiary/aromatic N) is 2. The molecule has 0 spiro atoms. The highest BCUT2D eigenvalue weighted by Gasteiger charge is 2.41. The fourth-order valence-corrected chi connectivity index (χ4v) is 8.61. The van der Waals surface area contributed by atoms with Gasteiger partial charge in [-0.2, -0.15) is 21.6 Å². The molecule has 2 aliphatic rings. The quantitative estimate of drug-likeness (QED) is 0.145. The average Bonchev–Trinajstić information content (AvgIpc) is 3.78. The highest BCUT2D eigenvalue weighted by atomic mass is 32.3. The van der Waals surface area contributed by atoms with Crippen LogP contribution in [0.5, 0.6) is 23.0 Å². The number of thiophene rings is 1. The molecule has 1 unspecified atom stereocenters. The number of likely N-dealkylation sites (tertiary alicyclic amines) is 1. The Balaban J connectivity index is 0.000000784. The van der Waals surface area contributed by atoms with Crippen LogP contribution in [0.25, 0.3) is 0 Å². The first kappa shape index (κ1) is 41.6. The van der Waals surface area contributed by atoms with E-state index in [9.17, 15) is 36.3 Å². The van der Waals surface area contributed by atoms with Gasteiger partial charge in [-0.1, -0.05) is 12.1 Å². The number of carboxylic acid groups (broad SMARTS) is 1. The molecule has 0 bridgehead atoms. The summed E-state index contributed by atoms with van der Waals surface area (Å²) in [7, 11) is -1.87. The summed E-state index contributed by atoms with van der Waals surface area (Å²) in [6.07, 6.45) is -3.57. The van der Waals surface area contributed by atoms with Crippen molar-refractivity contribution < 1.29 is 64.3 Å². The molecule has 1 aromatic heterocycles. The van der Waals surface area contributed by atoms with Crippen LogP contribution in [0.15, 0.2) is 82.4 Å². The van der Waals surface area contributed by atoms with Gasteiger partial charge in [-0.25, -0.2) is 4.79 Å². The first-order valence-corrected chi connectivity index (χ1v) is 19.4. The lowest BCUT2D eigenvalue weighted by atomic mass is 9.96. The SMILES string of the molecule is Cc1csc(S(=O)(=O)Oc2ccc(NC(=O)N([C@H]3CCC[N+](C)(Cc4ccc5c(c4)OCO5)C3)[C@@H](Cc3ccc(O)cc3)C(N)=O)cc2)c1.O=C([O-])C(F)(F)F. The summed E-state index contributed by atoms with van der Waals surface area (Å²) in [5, 5.41) is 23.2. The lowest BCUT2D eigenvalue weighted by molar-refractivity contribution is -0.928. The summed E-state index contributed by atoms with van der Waals surface area (Å²) in [6, 6.07) is 18.1. The molecule has 19 heteroatoms. The highest BCUT2D eigenvalue weighted by molar-refractivity contribution is 7.89. The minimum absolute atomic E-state index is 0.0866.